The molecule has 0 N–H and O–H groups in total. The quantitative estimate of drug-likeness (QED) is 0.805. The van der Waals surface area contributed by atoms with Gasteiger partial charge >= 0.3 is 6.18 Å². The molecule has 4 heteroatoms. The van der Waals surface area contributed by atoms with Gasteiger partial charge in [0, 0.05) is 13.1 Å². The van der Waals surface area contributed by atoms with E-state index in [9.17, 15) is 13.2 Å². The number of halogens is 3. The van der Waals surface area contributed by atoms with Crippen molar-refractivity contribution in [1.82, 2.24) is 4.90 Å². The number of hydrogen-bond acceptors (Lipinski definition) is 1. The van der Waals surface area contributed by atoms with Gasteiger partial charge in [-0.05, 0) is 24.2 Å². The van der Waals surface area contributed by atoms with Crippen LogP contribution in [0.3, 0.4) is 0 Å². The summed E-state index contributed by atoms with van der Waals surface area (Å²) < 4.78 is 38.7. The van der Waals surface area contributed by atoms with E-state index >= 15 is 0 Å². The summed E-state index contributed by atoms with van der Waals surface area (Å²) in [5.41, 5.74) is 0.831. The normalized spacial score (nSPS) is 11.8. The molecule has 0 fully saturated rings. The minimum absolute atomic E-state index is 0.268. The first-order valence-corrected chi connectivity index (χ1v) is 6.34. The summed E-state index contributed by atoms with van der Waals surface area (Å²) >= 11 is 0. The van der Waals surface area contributed by atoms with Gasteiger partial charge in [0.05, 0.1) is 5.56 Å². The first-order valence-electron chi connectivity index (χ1n) is 6.34. The molecule has 0 aliphatic rings. The lowest BCUT2D eigenvalue weighted by Crippen LogP contribution is -2.20. The van der Waals surface area contributed by atoms with Crippen LogP contribution in [-0.4, -0.2) is 11.9 Å². The molecule has 0 saturated carbocycles. The highest BCUT2D eigenvalue weighted by Gasteiger charge is 2.32. The van der Waals surface area contributed by atoms with Gasteiger partial charge in [-0.2, -0.15) is 13.2 Å². The smallest absolute Gasteiger partial charge is 0.298 e. The van der Waals surface area contributed by atoms with Crippen molar-refractivity contribution in [3.63, 3.8) is 0 Å². The molecule has 0 aliphatic carbocycles. The molecular weight excluding hydrogens is 263 g/mol. The van der Waals surface area contributed by atoms with Crippen molar-refractivity contribution in [2.45, 2.75) is 19.3 Å². The van der Waals surface area contributed by atoms with Crippen LogP contribution >= 0.6 is 0 Å². The molecular formula is C16H16F3N. The van der Waals surface area contributed by atoms with Gasteiger partial charge in [-0.25, -0.2) is 0 Å². The Hall–Kier alpha value is -1.81. The Morgan fingerprint density at radius 2 is 1.45 bits per heavy atom. The number of alkyl halides is 3. The molecule has 0 radical (unpaired) electrons. The average molecular weight is 279 g/mol. The first kappa shape index (κ1) is 14.6. The number of hydrogen-bond donors (Lipinski definition) is 0. The SMILES string of the molecule is CN(Cc1ccccc1)Cc1ccccc1C(F)(F)F. The Balaban J connectivity index is 2.10. The number of nitrogens with zero attached hydrogens (tertiary/aromatic N) is 1. The maximum atomic E-state index is 12.9. The van der Waals surface area contributed by atoms with Gasteiger partial charge in [-0.3, -0.25) is 4.90 Å². The topological polar surface area (TPSA) is 3.24 Å². The van der Waals surface area contributed by atoms with E-state index in [4.69, 9.17) is 0 Å². The van der Waals surface area contributed by atoms with E-state index < -0.39 is 11.7 Å². The molecule has 0 heterocycles. The number of benzene rings is 2. The van der Waals surface area contributed by atoms with Crippen LogP contribution < -0.4 is 0 Å². The third kappa shape index (κ3) is 3.84. The zero-order valence-corrected chi connectivity index (χ0v) is 11.2. The third-order valence-electron chi connectivity index (χ3n) is 3.06. The van der Waals surface area contributed by atoms with Crippen LogP contribution in [0.5, 0.6) is 0 Å². The lowest BCUT2D eigenvalue weighted by Gasteiger charge is -2.20. The van der Waals surface area contributed by atoms with E-state index in [1.807, 2.05) is 42.3 Å². The van der Waals surface area contributed by atoms with Gasteiger partial charge in [0.25, 0.3) is 0 Å². The van der Waals surface area contributed by atoms with E-state index in [2.05, 4.69) is 0 Å². The van der Waals surface area contributed by atoms with Crippen LogP contribution in [0.1, 0.15) is 16.7 Å². The summed E-state index contributed by atoms with van der Waals surface area (Å²) in [6.07, 6.45) is -4.30. The predicted octanol–water partition coefficient (Wildman–Crippen LogP) is 4.34. The Morgan fingerprint density at radius 3 is 2.10 bits per heavy atom. The van der Waals surface area contributed by atoms with E-state index in [0.717, 1.165) is 11.6 Å². The molecule has 0 atom stereocenters. The molecule has 1 nitrogen and oxygen atoms in total. The van der Waals surface area contributed by atoms with Crippen LogP contribution in [0.2, 0.25) is 0 Å². The van der Waals surface area contributed by atoms with Crippen molar-refractivity contribution in [2.24, 2.45) is 0 Å². The average Bonchev–Trinajstić information content (AvgIpc) is 2.39. The largest absolute Gasteiger partial charge is 0.416 e. The minimum Gasteiger partial charge on any atom is -0.298 e. The molecule has 0 aliphatic heterocycles. The lowest BCUT2D eigenvalue weighted by atomic mass is 10.1. The highest BCUT2D eigenvalue weighted by molar-refractivity contribution is 5.29. The van der Waals surface area contributed by atoms with Crippen molar-refractivity contribution in [3.8, 4) is 0 Å². The van der Waals surface area contributed by atoms with Gasteiger partial charge in [0.15, 0.2) is 0 Å². The molecule has 0 spiro atoms. The van der Waals surface area contributed by atoms with Crippen LogP contribution in [0.25, 0.3) is 0 Å². The number of rotatable bonds is 4. The van der Waals surface area contributed by atoms with Crippen molar-refractivity contribution >= 4 is 0 Å². The van der Waals surface area contributed by atoms with Crippen molar-refractivity contribution in [1.29, 1.82) is 0 Å². The van der Waals surface area contributed by atoms with E-state index in [-0.39, 0.29) is 6.54 Å². The molecule has 0 amide bonds. The highest BCUT2D eigenvalue weighted by atomic mass is 19.4. The zero-order valence-electron chi connectivity index (χ0n) is 11.2. The summed E-state index contributed by atoms with van der Waals surface area (Å²) in [7, 11) is 1.82. The van der Waals surface area contributed by atoms with Crippen LogP contribution in [0, 0.1) is 0 Å². The summed E-state index contributed by atoms with van der Waals surface area (Å²) in [4.78, 5) is 1.87. The Morgan fingerprint density at radius 1 is 0.850 bits per heavy atom. The zero-order chi connectivity index (χ0) is 14.6. The van der Waals surface area contributed by atoms with Crippen LogP contribution in [0.4, 0.5) is 13.2 Å². The maximum absolute atomic E-state index is 12.9. The van der Waals surface area contributed by atoms with E-state index in [1.54, 1.807) is 6.07 Å². The predicted molar refractivity (Wildman–Crippen MR) is 73.1 cm³/mol. The van der Waals surface area contributed by atoms with Gasteiger partial charge in [0.1, 0.15) is 0 Å². The van der Waals surface area contributed by atoms with E-state index in [1.165, 1.54) is 12.1 Å². The summed E-state index contributed by atoms with van der Waals surface area (Å²) in [5, 5.41) is 0. The fraction of sp³-hybridized carbons (Fsp3) is 0.250. The van der Waals surface area contributed by atoms with Crippen molar-refractivity contribution < 1.29 is 13.2 Å². The fourth-order valence-electron chi connectivity index (χ4n) is 2.18. The molecule has 2 aromatic carbocycles. The first-order chi connectivity index (χ1) is 9.47. The van der Waals surface area contributed by atoms with Crippen LogP contribution in [-0.2, 0) is 19.3 Å². The molecule has 106 valence electrons. The Kier molecular flexibility index (Phi) is 4.45. The highest BCUT2D eigenvalue weighted by Crippen LogP contribution is 2.32. The van der Waals surface area contributed by atoms with Crippen molar-refractivity contribution in [2.75, 3.05) is 7.05 Å². The standard InChI is InChI=1S/C16H16F3N/c1-20(11-13-7-3-2-4-8-13)12-14-9-5-6-10-15(14)16(17,18)19/h2-10H,11-12H2,1H3. The second-order valence-corrected chi connectivity index (χ2v) is 4.81. The molecule has 20 heavy (non-hydrogen) atoms. The molecule has 0 unspecified atom stereocenters. The fourth-order valence-corrected chi connectivity index (χ4v) is 2.18. The van der Waals surface area contributed by atoms with Gasteiger partial charge in [-0.15, -0.1) is 0 Å². The van der Waals surface area contributed by atoms with Gasteiger partial charge in [0.2, 0.25) is 0 Å². The van der Waals surface area contributed by atoms with E-state index in [0.29, 0.717) is 12.1 Å². The maximum Gasteiger partial charge on any atom is 0.416 e. The second-order valence-electron chi connectivity index (χ2n) is 4.81. The third-order valence-corrected chi connectivity index (χ3v) is 3.06. The van der Waals surface area contributed by atoms with Gasteiger partial charge < -0.3 is 0 Å². The van der Waals surface area contributed by atoms with Crippen LogP contribution in [0.15, 0.2) is 54.6 Å². The molecule has 0 bridgehead atoms. The Bertz CT molecular complexity index is 549. The lowest BCUT2D eigenvalue weighted by molar-refractivity contribution is -0.138. The monoisotopic (exact) mass is 279 g/mol. The Labute approximate surface area is 116 Å². The molecule has 0 aromatic heterocycles. The summed E-state index contributed by atoms with van der Waals surface area (Å²) in [5.74, 6) is 0. The minimum atomic E-state index is -4.30. The van der Waals surface area contributed by atoms with Crippen molar-refractivity contribution in [3.05, 3.63) is 71.3 Å². The molecule has 2 rings (SSSR count). The van der Waals surface area contributed by atoms with Gasteiger partial charge in [-0.1, -0.05) is 48.5 Å². The molecule has 0 saturated heterocycles. The molecule has 2 aromatic rings. The summed E-state index contributed by atoms with van der Waals surface area (Å²) in [6.45, 7) is 0.887. The second kappa shape index (κ2) is 6.09. The summed E-state index contributed by atoms with van der Waals surface area (Å²) in [6, 6.07) is 15.4.